The van der Waals surface area contributed by atoms with E-state index in [0.717, 1.165) is 36.4 Å². The topological polar surface area (TPSA) is 42.4 Å². The monoisotopic (exact) mass is 234 g/mol. The second-order valence-corrected chi connectivity index (χ2v) is 5.73. The first-order valence-corrected chi connectivity index (χ1v) is 6.75. The van der Waals surface area contributed by atoms with Gasteiger partial charge in [-0.15, -0.1) is 0 Å². The molecule has 1 aliphatic heterocycles. The smallest absolute Gasteiger partial charge is 0.118 e. The summed E-state index contributed by atoms with van der Waals surface area (Å²) in [5.74, 6) is 3.65. The standard InChI is InChI=1S/C14H22N2O/c1-10-5-6-12(17-10)8-16-7-11-3-2-4-14(15)13(11)9-16/h5-6,11,13-14H,2-4,7-9,15H2,1H3. The van der Waals surface area contributed by atoms with Gasteiger partial charge in [0.25, 0.3) is 0 Å². The van der Waals surface area contributed by atoms with Gasteiger partial charge in [0.1, 0.15) is 11.5 Å². The van der Waals surface area contributed by atoms with Gasteiger partial charge in [0, 0.05) is 19.1 Å². The van der Waals surface area contributed by atoms with Gasteiger partial charge >= 0.3 is 0 Å². The Bertz CT molecular complexity index is 387. The van der Waals surface area contributed by atoms with Crippen LogP contribution in [0, 0.1) is 18.8 Å². The summed E-state index contributed by atoms with van der Waals surface area (Å²) in [6, 6.07) is 4.57. The SMILES string of the molecule is Cc1ccc(CN2CC3CCCC(N)C3C2)o1. The predicted molar refractivity (Wildman–Crippen MR) is 67.5 cm³/mol. The average molecular weight is 234 g/mol. The lowest BCUT2D eigenvalue weighted by Gasteiger charge is -2.29. The lowest BCUT2D eigenvalue weighted by Crippen LogP contribution is -2.38. The Morgan fingerprint density at radius 3 is 2.94 bits per heavy atom. The zero-order valence-electron chi connectivity index (χ0n) is 10.6. The molecule has 1 saturated heterocycles. The van der Waals surface area contributed by atoms with Gasteiger partial charge < -0.3 is 10.2 Å². The number of likely N-dealkylation sites (tertiary alicyclic amines) is 1. The van der Waals surface area contributed by atoms with E-state index in [1.165, 1.54) is 25.8 Å². The highest BCUT2D eigenvalue weighted by atomic mass is 16.3. The lowest BCUT2D eigenvalue weighted by molar-refractivity contribution is 0.258. The molecule has 17 heavy (non-hydrogen) atoms. The number of nitrogens with zero attached hydrogens (tertiary/aromatic N) is 1. The Kier molecular flexibility index (Phi) is 2.97. The maximum atomic E-state index is 6.23. The van der Waals surface area contributed by atoms with Crippen molar-refractivity contribution in [3.8, 4) is 0 Å². The maximum absolute atomic E-state index is 6.23. The van der Waals surface area contributed by atoms with E-state index in [2.05, 4.69) is 11.0 Å². The van der Waals surface area contributed by atoms with Crippen LogP contribution in [0.15, 0.2) is 16.5 Å². The van der Waals surface area contributed by atoms with E-state index in [1.54, 1.807) is 0 Å². The molecule has 3 rings (SSSR count). The van der Waals surface area contributed by atoms with Crippen LogP contribution in [-0.2, 0) is 6.54 Å². The van der Waals surface area contributed by atoms with Crippen LogP contribution in [0.1, 0.15) is 30.8 Å². The predicted octanol–water partition coefficient (Wildman–Crippen LogP) is 2.15. The summed E-state index contributed by atoms with van der Waals surface area (Å²) < 4.78 is 5.65. The molecule has 1 saturated carbocycles. The van der Waals surface area contributed by atoms with E-state index in [1.807, 2.05) is 13.0 Å². The molecule has 94 valence electrons. The Labute approximate surface area is 103 Å². The Morgan fingerprint density at radius 2 is 2.24 bits per heavy atom. The van der Waals surface area contributed by atoms with Crippen LogP contribution in [0.25, 0.3) is 0 Å². The number of rotatable bonds is 2. The van der Waals surface area contributed by atoms with Gasteiger partial charge in [-0.1, -0.05) is 6.42 Å². The third-order valence-electron chi connectivity index (χ3n) is 4.40. The van der Waals surface area contributed by atoms with Crippen molar-refractivity contribution in [2.75, 3.05) is 13.1 Å². The van der Waals surface area contributed by atoms with E-state index in [4.69, 9.17) is 10.2 Å². The number of hydrogen-bond donors (Lipinski definition) is 1. The number of aryl methyl sites for hydroxylation is 1. The highest BCUT2D eigenvalue weighted by Crippen LogP contribution is 2.36. The van der Waals surface area contributed by atoms with Crippen molar-refractivity contribution in [2.24, 2.45) is 17.6 Å². The fraction of sp³-hybridized carbons (Fsp3) is 0.714. The van der Waals surface area contributed by atoms with Crippen LogP contribution in [0.5, 0.6) is 0 Å². The highest BCUT2D eigenvalue weighted by Gasteiger charge is 2.38. The van der Waals surface area contributed by atoms with Gasteiger partial charge in [-0.25, -0.2) is 0 Å². The summed E-state index contributed by atoms with van der Waals surface area (Å²) in [6.45, 7) is 5.32. The van der Waals surface area contributed by atoms with Crippen molar-refractivity contribution in [2.45, 2.75) is 38.8 Å². The Hall–Kier alpha value is -0.800. The van der Waals surface area contributed by atoms with Crippen molar-refractivity contribution < 1.29 is 4.42 Å². The minimum atomic E-state index is 0.428. The molecular weight excluding hydrogens is 212 g/mol. The maximum Gasteiger partial charge on any atom is 0.118 e. The summed E-state index contributed by atoms with van der Waals surface area (Å²) in [7, 11) is 0. The van der Waals surface area contributed by atoms with Gasteiger partial charge in [-0.05, 0) is 43.7 Å². The van der Waals surface area contributed by atoms with Crippen molar-refractivity contribution in [3.05, 3.63) is 23.7 Å². The molecular formula is C14H22N2O. The number of fused-ring (bicyclic) bond motifs is 1. The number of hydrogen-bond acceptors (Lipinski definition) is 3. The van der Waals surface area contributed by atoms with E-state index in [9.17, 15) is 0 Å². The summed E-state index contributed by atoms with van der Waals surface area (Å²) >= 11 is 0. The first-order valence-electron chi connectivity index (χ1n) is 6.75. The van der Waals surface area contributed by atoms with Crippen molar-refractivity contribution in [1.29, 1.82) is 0 Å². The average Bonchev–Trinajstić information content (AvgIpc) is 2.86. The zero-order chi connectivity index (χ0) is 11.8. The molecule has 3 unspecified atom stereocenters. The molecule has 0 radical (unpaired) electrons. The van der Waals surface area contributed by atoms with Crippen molar-refractivity contribution in [3.63, 3.8) is 0 Å². The molecule has 2 fully saturated rings. The summed E-state index contributed by atoms with van der Waals surface area (Å²) in [6.07, 6.45) is 3.90. The fourth-order valence-corrected chi connectivity index (χ4v) is 3.53. The molecule has 0 bridgehead atoms. The summed E-state index contributed by atoms with van der Waals surface area (Å²) in [5.41, 5.74) is 6.23. The molecule has 0 aromatic carbocycles. The normalized spacial score (nSPS) is 33.9. The van der Waals surface area contributed by atoms with Crippen LogP contribution in [-0.4, -0.2) is 24.0 Å². The van der Waals surface area contributed by atoms with Crippen molar-refractivity contribution >= 4 is 0 Å². The molecule has 2 N–H and O–H groups in total. The second kappa shape index (κ2) is 4.46. The van der Waals surface area contributed by atoms with Crippen LogP contribution in [0.2, 0.25) is 0 Å². The third kappa shape index (κ3) is 2.26. The minimum Gasteiger partial charge on any atom is -0.465 e. The van der Waals surface area contributed by atoms with Gasteiger partial charge in [0.05, 0.1) is 6.54 Å². The van der Waals surface area contributed by atoms with Crippen LogP contribution < -0.4 is 5.73 Å². The van der Waals surface area contributed by atoms with E-state index in [-0.39, 0.29) is 0 Å². The zero-order valence-corrected chi connectivity index (χ0v) is 10.6. The van der Waals surface area contributed by atoms with Crippen molar-refractivity contribution in [1.82, 2.24) is 4.90 Å². The molecule has 1 aliphatic carbocycles. The summed E-state index contributed by atoms with van der Waals surface area (Å²) in [5, 5.41) is 0. The summed E-state index contributed by atoms with van der Waals surface area (Å²) in [4.78, 5) is 2.51. The molecule has 1 aromatic rings. The first kappa shape index (κ1) is 11.3. The molecule has 3 heteroatoms. The van der Waals surface area contributed by atoms with Gasteiger partial charge in [0.2, 0.25) is 0 Å². The molecule has 1 aromatic heterocycles. The molecule has 0 amide bonds. The van der Waals surface area contributed by atoms with E-state index in [0.29, 0.717) is 6.04 Å². The highest BCUT2D eigenvalue weighted by molar-refractivity contribution is 5.06. The number of furan rings is 1. The third-order valence-corrected chi connectivity index (χ3v) is 4.40. The Balaban J connectivity index is 1.63. The molecule has 3 atom stereocenters. The molecule has 3 nitrogen and oxygen atoms in total. The second-order valence-electron chi connectivity index (χ2n) is 5.73. The largest absolute Gasteiger partial charge is 0.465 e. The quantitative estimate of drug-likeness (QED) is 0.852. The lowest BCUT2D eigenvalue weighted by atomic mass is 9.78. The minimum absolute atomic E-state index is 0.428. The molecule has 2 aliphatic rings. The van der Waals surface area contributed by atoms with Crippen LogP contribution in [0.4, 0.5) is 0 Å². The van der Waals surface area contributed by atoms with Gasteiger partial charge in [-0.3, -0.25) is 4.90 Å². The van der Waals surface area contributed by atoms with E-state index < -0.39 is 0 Å². The molecule has 2 heterocycles. The molecule has 0 spiro atoms. The van der Waals surface area contributed by atoms with E-state index >= 15 is 0 Å². The van der Waals surface area contributed by atoms with Crippen LogP contribution >= 0.6 is 0 Å². The Morgan fingerprint density at radius 1 is 1.35 bits per heavy atom. The first-order chi connectivity index (χ1) is 8.22. The number of nitrogens with two attached hydrogens (primary N) is 1. The van der Waals surface area contributed by atoms with Gasteiger partial charge in [0.15, 0.2) is 0 Å². The van der Waals surface area contributed by atoms with Gasteiger partial charge in [-0.2, -0.15) is 0 Å². The fourth-order valence-electron chi connectivity index (χ4n) is 3.53. The van der Waals surface area contributed by atoms with Crippen LogP contribution in [0.3, 0.4) is 0 Å².